The van der Waals surface area contributed by atoms with Crippen LogP contribution in [0.3, 0.4) is 0 Å². The molecule has 6 nitrogen and oxygen atoms in total. The minimum atomic E-state index is -0.131. The number of nitrogens with zero attached hydrogens (tertiary/aromatic N) is 3. The van der Waals surface area contributed by atoms with Crippen molar-refractivity contribution < 1.29 is 14.6 Å². The van der Waals surface area contributed by atoms with Crippen molar-refractivity contribution in [3.63, 3.8) is 0 Å². The molecule has 1 heterocycles. The number of hydrogen-bond donors (Lipinski definition) is 1. The van der Waals surface area contributed by atoms with Crippen LogP contribution in [0.4, 0.5) is 0 Å². The molecule has 0 radical (unpaired) electrons. The number of aromatic nitrogens is 3. The summed E-state index contributed by atoms with van der Waals surface area (Å²) in [7, 11) is 1.60. The van der Waals surface area contributed by atoms with E-state index in [1.54, 1.807) is 11.8 Å². The molecule has 0 bridgehead atoms. The van der Waals surface area contributed by atoms with Gasteiger partial charge in [0.25, 0.3) is 0 Å². The largest absolute Gasteiger partial charge is 0.394 e. The standard InChI is InChI=1S/C10H17N3O3/c1-3-8(6-14)13-10(4-5-16-2)9(7-15)11-12-13/h7-8,14H,3-6H2,1-2H3. The molecule has 16 heavy (non-hydrogen) atoms. The Bertz CT molecular complexity index is 334. The quantitative estimate of drug-likeness (QED) is 0.674. The van der Waals surface area contributed by atoms with E-state index in [4.69, 9.17) is 4.74 Å². The van der Waals surface area contributed by atoms with Crippen LogP contribution in [0.25, 0.3) is 0 Å². The van der Waals surface area contributed by atoms with Gasteiger partial charge in [-0.2, -0.15) is 0 Å². The summed E-state index contributed by atoms with van der Waals surface area (Å²) in [6.45, 7) is 2.43. The number of aldehydes is 1. The van der Waals surface area contributed by atoms with Gasteiger partial charge < -0.3 is 9.84 Å². The molecule has 0 saturated carbocycles. The summed E-state index contributed by atoms with van der Waals surface area (Å²) in [4.78, 5) is 10.8. The summed E-state index contributed by atoms with van der Waals surface area (Å²) in [6.07, 6.45) is 1.98. The van der Waals surface area contributed by atoms with Crippen molar-refractivity contribution in [2.45, 2.75) is 25.8 Å². The van der Waals surface area contributed by atoms with Gasteiger partial charge in [-0.25, -0.2) is 4.68 Å². The summed E-state index contributed by atoms with van der Waals surface area (Å²) in [5.74, 6) is 0. The van der Waals surface area contributed by atoms with E-state index in [-0.39, 0.29) is 12.6 Å². The van der Waals surface area contributed by atoms with E-state index in [9.17, 15) is 9.90 Å². The summed E-state index contributed by atoms with van der Waals surface area (Å²) in [6, 6.07) is -0.131. The predicted molar refractivity (Wildman–Crippen MR) is 57.4 cm³/mol. The van der Waals surface area contributed by atoms with Crippen molar-refractivity contribution >= 4 is 6.29 Å². The lowest BCUT2D eigenvalue weighted by molar-refractivity contribution is 0.111. The summed E-state index contributed by atoms with van der Waals surface area (Å²) in [5, 5.41) is 16.9. The summed E-state index contributed by atoms with van der Waals surface area (Å²) < 4.78 is 6.58. The number of rotatable bonds is 7. The van der Waals surface area contributed by atoms with Gasteiger partial charge in [0.2, 0.25) is 0 Å². The van der Waals surface area contributed by atoms with Crippen LogP contribution in [0, 0.1) is 0 Å². The van der Waals surface area contributed by atoms with Crippen molar-refractivity contribution in [3.05, 3.63) is 11.4 Å². The van der Waals surface area contributed by atoms with Crippen LogP contribution in [0.2, 0.25) is 0 Å². The second kappa shape index (κ2) is 6.34. The average molecular weight is 227 g/mol. The third-order valence-corrected chi connectivity index (χ3v) is 2.50. The van der Waals surface area contributed by atoms with Crippen LogP contribution in [-0.4, -0.2) is 46.7 Å². The molecule has 1 rings (SSSR count). The number of aliphatic hydroxyl groups excluding tert-OH is 1. The zero-order valence-corrected chi connectivity index (χ0v) is 9.59. The van der Waals surface area contributed by atoms with Gasteiger partial charge >= 0.3 is 0 Å². The van der Waals surface area contributed by atoms with Crippen molar-refractivity contribution in [3.8, 4) is 0 Å². The van der Waals surface area contributed by atoms with Gasteiger partial charge in [0.05, 0.1) is 24.9 Å². The number of ether oxygens (including phenoxy) is 1. The fourth-order valence-corrected chi connectivity index (χ4v) is 1.53. The van der Waals surface area contributed by atoms with E-state index in [1.807, 2.05) is 6.92 Å². The molecule has 90 valence electrons. The number of carbonyl (C=O) groups excluding carboxylic acids is 1. The molecule has 1 aromatic heterocycles. The van der Waals surface area contributed by atoms with E-state index in [0.717, 1.165) is 12.1 Å². The minimum absolute atomic E-state index is 0.0157. The maximum Gasteiger partial charge on any atom is 0.172 e. The van der Waals surface area contributed by atoms with Gasteiger partial charge in [-0.1, -0.05) is 12.1 Å². The van der Waals surface area contributed by atoms with Crippen LogP contribution in [-0.2, 0) is 11.2 Å². The van der Waals surface area contributed by atoms with Crippen molar-refractivity contribution in [2.75, 3.05) is 20.3 Å². The van der Waals surface area contributed by atoms with Gasteiger partial charge in [-0.3, -0.25) is 4.79 Å². The highest BCUT2D eigenvalue weighted by atomic mass is 16.5. The van der Waals surface area contributed by atoms with Gasteiger partial charge in [0.15, 0.2) is 6.29 Å². The molecule has 1 aromatic rings. The third-order valence-electron chi connectivity index (χ3n) is 2.50. The lowest BCUT2D eigenvalue weighted by Crippen LogP contribution is -2.18. The Balaban J connectivity index is 2.97. The smallest absolute Gasteiger partial charge is 0.172 e. The molecule has 0 amide bonds. The van der Waals surface area contributed by atoms with Gasteiger partial charge in [-0.05, 0) is 6.42 Å². The molecule has 0 saturated heterocycles. The van der Waals surface area contributed by atoms with Crippen LogP contribution in [0.15, 0.2) is 0 Å². The van der Waals surface area contributed by atoms with E-state index in [1.165, 1.54) is 0 Å². The molecule has 1 atom stereocenters. The number of aliphatic hydroxyl groups is 1. The molecule has 0 spiro atoms. The van der Waals surface area contributed by atoms with Crippen LogP contribution in [0.5, 0.6) is 0 Å². The van der Waals surface area contributed by atoms with Crippen molar-refractivity contribution in [2.24, 2.45) is 0 Å². The average Bonchev–Trinajstić information content (AvgIpc) is 2.71. The Morgan fingerprint density at radius 3 is 2.88 bits per heavy atom. The van der Waals surface area contributed by atoms with Crippen LogP contribution < -0.4 is 0 Å². The Morgan fingerprint density at radius 2 is 2.38 bits per heavy atom. The fraction of sp³-hybridized carbons (Fsp3) is 0.700. The highest BCUT2D eigenvalue weighted by molar-refractivity contribution is 5.73. The highest BCUT2D eigenvalue weighted by Crippen LogP contribution is 2.14. The first kappa shape index (κ1) is 12.8. The molecule has 1 unspecified atom stereocenters. The number of hydrogen-bond acceptors (Lipinski definition) is 5. The normalized spacial score (nSPS) is 12.7. The first-order valence-corrected chi connectivity index (χ1v) is 5.27. The first-order valence-electron chi connectivity index (χ1n) is 5.27. The van der Waals surface area contributed by atoms with Crippen LogP contribution in [0.1, 0.15) is 35.6 Å². The Hall–Kier alpha value is -1.27. The van der Waals surface area contributed by atoms with Gasteiger partial charge in [-0.15, -0.1) is 5.10 Å². The Morgan fingerprint density at radius 1 is 1.62 bits per heavy atom. The SMILES string of the molecule is CCC(CO)n1nnc(C=O)c1CCOC. The molecule has 0 aliphatic heterocycles. The number of methoxy groups -OCH3 is 1. The molecule has 0 aliphatic carbocycles. The topological polar surface area (TPSA) is 77.2 Å². The third kappa shape index (κ3) is 2.65. The minimum Gasteiger partial charge on any atom is -0.394 e. The van der Waals surface area contributed by atoms with E-state index < -0.39 is 0 Å². The summed E-state index contributed by atoms with van der Waals surface area (Å²) >= 11 is 0. The number of carbonyl (C=O) groups is 1. The molecule has 6 heteroatoms. The molecule has 1 N–H and O–H groups in total. The maximum atomic E-state index is 10.8. The fourth-order valence-electron chi connectivity index (χ4n) is 1.53. The lowest BCUT2D eigenvalue weighted by Gasteiger charge is -2.14. The van der Waals surface area contributed by atoms with E-state index >= 15 is 0 Å². The predicted octanol–water partition coefficient (Wildman–Crippen LogP) is 0.223. The lowest BCUT2D eigenvalue weighted by atomic mass is 10.2. The second-order valence-corrected chi connectivity index (χ2v) is 3.47. The molecule has 0 aromatic carbocycles. The van der Waals surface area contributed by atoms with Crippen LogP contribution >= 0.6 is 0 Å². The van der Waals surface area contributed by atoms with E-state index in [2.05, 4.69) is 10.3 Å². The Kier molecular flexibility index (Phi) is 5.07. The van der Waals surface area contributed by atoms with Crippen molar-refractivity contribution in [1.82, 2.24) is 15.0 Å². The highest BCUT2D eigenvalue weighted by Gasteiger charge is 2.17. The second-order valence-electron chi connectivity index (χ2n) is 3.47. The molecule has 0 aliphatic rings. The zero-order valence-electron chi connectivity index (χ0n) is 9.59. The maximum absolute atomic E-state index is 10.8. The first-order chi connectivity index (χ1) is 7.78. The molecular weight excluding hydrogens is 210 g/mol. The van der Waals surface area contributed by atoms with Gasteiger partial charge in [0, 0.05) is 13.5 Å². The molecular formula is C10H17N3O3. The van der Waals surface area contributed by atoms with E-state index in [0.29, 0.717) is 25.0 Å². The Labute approximate surface area is 94.2 Å². The summed E-state index contributed by atoms with van der Waals surface area (Å²) in [5.41, 5.74) is 1.04. The zero-order chi connectivity index (χ0) is 12.0. The van der Waals surface area contributed by atoms with Gasteiger partial charge in [0.1, 0.15) is 5.69 Å². The monoisotopic (exact) mass is 227 g/mol. The molecule has 0 fully saturated rings. The van der Waals surface area contributed by atoms with Crippen molar-refractivity contribution in [1.29, 1.82) is 0 Å².